The molecule has 2 unspecified atom stereocenters. The summed E-state index contributed by atoms with van der Waals surface area (Å²) in [5, 5.41) is 0. The summed E-state index contributed by atoms with van der Waals surface area (Å²) in [5.74, 6) is -6.86. The van der Waals surface area contributed by atoms with E-state index in [1.165, 1.54) is 0 Å². The van der Waals surface area contributed by atoms with Gasteiger partial charge in [-0.05, 0) is 13.8 Å². The highest BCUT2D eigenvalue weighted by atomic mass is 19.4. The SMILES string of the molecule is CC(OC(=O)C(=O)CCC(=O)C(=O)OC(C)C(F)(F)F)C(F)(F)F. The first kappa shape index (κ1) is 21.9. The Morgan fingerprint density at radius 1 is 0.708 bits per heavy atom. The molecular weight excluding hydrogens is 354 g/mol. The fraction of sp³-hybridized carbons (Fsp3) is 0.667. The van der Waals surface area contributed by atoms with E-state index in [2.05, 4.69) is 9.47 Å². The fourth-order valence-electron chi connectivity index (χ4n) is 1.02. The van der Waals surface area contributed by atoms with Gasteiger partial charge >= 0.3 is 24.3 Å². The zero-order chi connectivity index (χ0) is 19.3. The number of Topliss-reactive ketones (excluding diaryl/α,β-unsaturated/α-hetero) is 2. The number of hydrogen-bond acceptors (Lipinski definition) is 6. The van der Waals surface area contributed by atoms with Gasteiger partial charge in [-0.2, -0.15) is 26.3 Å². The van der Waals surface area contributed by atoms with E-state index < -0.39 is 60.9 Å². The molecule has 0 N–H and O–H groups in total. The average molecular weight is 366 g/mol. The summed E-state index contributed by atoms with van der Waals surface area (Å²) in [6.45, 7) is 0.929. The molecule has 0 fully saturated rings. The van der Waals surface area contributed by atoms with Gasteiger partial charge < -0.3 is 9.47 Å². The molecule has 12 heteroatoms. The summed E-state index contributed by atoms with van der Waals surface area (Å²) >= 11 is 0. The van der Waals surface area contributed by atoms with Crippen molar-refractivity contribution in [3.63, 3.8) is 0 Å². The molecule has 0 saturated carbocycles. The summed E-state index contributed by atoms with van der Waals surface area (Å²) in [5.41, 5.74) is 0. The van der Waals surface area contributed by atoms with Gasteiger partial charge in [-0.3, -0.25) is 9.59 Å². The molecule has 6 nitrogen and oxygen atoms in total. The third-order valence-electron chi connectivity index (χ3n) is 2.52. The van der Waals surface area contributed by atoms with Gasteiger partial charge in [0.1, 0.15) is 0 Å². The lowest BCUT2D eigenvalue weighted by Gasteiger charge is -2.16. The second-order valence-corrected chi connectivity index (χ2v) is 4.52. The molecule has 0 heterocycles. The van der Waals surface area contributed by atoms with E-state index in [-0.39, 0.29) is 0 Å². The highest BCUT2D eigenvalue weighted by Gasteiger charge is 2.41. The molecule has 24 heavy (non-hydrogen) atoms. The monoisotopic (exact) mass is 366 g/mol. The molecule has 138 valence electrons. The summed E-state index contributed by atoms with van der Waals surface area (Å²) in [6.07, 6.45) is -17.0. The number of carbonyl (C=O) groups excluding carboxylic acids is 4. The fourth-order valence-corrected chi connectivity index (χ4v) is 1.02. The van der Waals surface area contributed by atoms with Crippen molar-refractivity contribution in [2.45, 2.75) is 51.2 Å². The Morgan fingerprint density at radius 3 is 1.17 bits per heavy atom. The van der Waals surface area contributed by atoms with Crippen LogP contribution in [0.15, 0.2) is 0 Å². The lowest BCUT2D eigenvalue weighted by molar-refractivity contribution is -0.216. The van der Waals surface area contributed by atoms with Crippen molar-refractivity contribution in [1.29, 1.82) is 0 Å². The second-order valence-electron chi connectivity index (χ2n) is 4.52. The molecule has 0 spiro atoms. The lowest BCUT2D eigenvalue weighted by Crippen LogP contribution is -2.34. The quantitative estimate of drug-likeness (QED) is 0.389. The number of rotatable bonds is 7. The van der Waals surface area contributed by atoms with Gasteiger partial charge in [-0.1, -0.05) is 0 Å². The largest absolute Gasteiger partial charge is 0.447 e. The maximum absolute atomic E-state index is 12.1. The van der Waals surface area contributed by atoms with Crippen molar-refractivity contribution in [1.82, 2.24) is 0 Å². The maximum atomic E-state index is 12.1. The van der Waals surface area contributed by atoms with Crippen LogP contribution < -0.4 is 0 Å². The topological polar surface area (TPSA) is 86.7 Å². The Morgan fingerprint density at radius 2 is 0.958 bits per heavy atom. The number of halogens is 6. The Kier molecular flexibility index (Phi) is 7.38. The summed E-state index contributed by atoms with van der Waals surface area (Å²) in [4.78, 5) is 44.5. The number of ketones is 2. The van der Waals surface area contributed by atoms with Gasteiger partial charge in [0, 0.05) is 12.8 Å². The van der Waals surface area contributed by atoms with Crippen LogP contribution in [0.5, 0.6) is 0 Å². The first-order chi connectivity index (χ1) is 10.7. The first-order valence-electron chi connectivity index (χ1n) is 6.27. The third kappa shape index (κ3) is 7.42. The molecule has 0 bridgehead atoms. The summed E-state index contributed by atoms with van der Waals surface area (Å²) < 4.78 is 80.3. The third-order valence-corrected chi connectivity index (χ3v) is 2.52. The molecule has 0 rings (SSSR count). The number of hydrogen-bond donors (Lipinski definition) is 0. The van der Waals surface area contributed by atoms with E-state index in [4.69, 9.17) is 0 Å². The minimum Gasteiger partial charge on any atom is -0.447 e. The van der Waals surface area contributed by atoms with E-state index in [0.717, 1.165) is 0 Å². The van der Waals surface area contributed by atoms with Crippen molar-refractivity contribution in [2.75, 3.05) is 0 Å². The van der Waals surface area contributed by atoms with Crippen LogP contribution in [0.1, 0.15) is 26.7 Å². The zero-order valence-electron chi connectivity index (χ0n) is 12.3. The molecule has 0 aliphatic heterocycles. The molecule has 2 atom stereocenters. The van der Waals surface area contributed by atoms with Gasteiger partial charge in [0.25, 0.3) is 0 Å². The number of ether oxygens (including phenoxy) is 2. The maximum Gasteiger partial charge on any atom is 0.425 e. The predicted molar refractivity (Wildman–Crippen MR) is 62.5 cm³/mol. The van der Waals surface area contributed by atoms with Gasteiger partial charge in [0.05, 0.1) is 0 Å². The molecule has 0 aliphatic carbocycles. The minimum absolute atomic E-state index is 0.465. The highest BCUT2D eigenvalue weighted by molar-refractivity contribution is 6.37. The van der Waals surface area contributed by atoms with E-state index in [0.29, 0.717) is 13.8 Å². The lowest BCUT2D eigenvalue weighted by atomic mass is 10.1. The molecular formula is C12H12F6O6. The van der Waals surface area contributed by atoms with Crippen LogP contribution in [0.4, 0.5) is 26.3 Å². The van der Waals surface area contributed by atoms with Crippen LogP contribution in [0.25, 0.3) is 0 Å². The van der Waals surface area contributed by atoms with Gasteiger partial charge in [-0.25, -0.2) is 9.59 Å². The second kappa shape index (κ2) is 8.11. The molecule has 0 amide bonds. The van der Waals surface area contributed by atoms with Crippen molar-refractivity contribution in [3.8, 4) is 0 Å². The molecule has 0 saturated heterocycles. The van der Waals surface area contributed by atoms with Crippen molar-refractivity contribution in [3.05, 3.63) is 0 Å². The van der Waals surface area contributed by atoms with E-state index >= 15 is 0 Å². The normalized spacial score (nSPS) is 14.5. The van der Waals surface area contributed by atoms with Crippen LogP contribution in [-0.2, 0) is 28.7 Å². The molecule has 0 aromatic rings. The Bertz CT molecular complexity index is 463. The smallest absolute Gasteiger partial charge is 0.425 e. The van der Waals surface area contributed by atoms with Crippen LogP contribution in [0, 0.1) is 0 Å². The van der Waals surface area contributed by atoms with Crippen LogP contribution in [0.3, 0.4) is 0 Å². The van der Waals surface area contributed by atoms with Crippen molar-refractivity contribution in [2.24, 2.45) is 0 Å². The van der Waals surface area contributed by atoms with Gasteiger partial charge in [0.15, 0.2) is 12.2 Å². The van der Waals surface area contributed by atoms with E-state index in [1.54, 1.807) is 0 Å². The Balaban J connectivity index is 4.43. The number of alkyl halides is 6. The molecule has 0 aromatic heterocycles. The molecule has 0 aromatic carbocycles. The van der Waals surface area contributed by atoms with Crippen LogP contribution in [0.2, 0.25) is 0 Å². The van der Waals surface area contributed by atoms with E-state index in [1.807, 2.05) is 0 Å². The minimum atomic E-state index is -4.90. The average Bonchev–Trinajstić information content (AvgIpc) is 2.41. The van der Waals surface area contributed by atoms with Crippen LogP contribution >= 0.6 is 0 Å². The van der Waals surface area contributed by atoms with Gasteiger partial charge in [0.2, 0.25) is 11.6 Å². The van der Waals surface area contributed by atoms with Crippen LogP contribution in [-0.4, -0.2) is 48.1 Å². The van der Waals surface area contributed by atoms with Gasteiger partial charge in [-0.15, -0.1) is 0 Å². The Labute approximate surface area is 131 Å². The number of carbonyl (C=O) groups is 4. The predicted octanol–water partition coefficient (Wildman–Crippen LogP) is 1.89. The standard InChI is InChI=1S/C12H12F6O6/c1-5(11(13,14)15)23-9(21)7(19)3-4-8(20)10(22)24-6(2)12(16,17)18/h5-6H,3-4H2,1-2H3. The molecule has 0 radical (unpaired) electrons. The number of esters is 2. The summed E-state index contributed by atoms with van der Waals surface area (Å²) in [7, 11) is 0. The molecule has 0 aliphatic rings. The zero-order valence-corrected chi connectivity index (χ0v) is 12.3. The van der Waals surface area contributed by atoms with Crippen molar-refractivity contribution < 1.29 is 55.0 Å². The summed E-state index contributed by atoms with van der Waals surface area (Å²) in [6, 6.07) is 0. The Hall–Kier alpha value is -2.14. The van der Waals surface area contributed by atoms with E-state index in [9.17, 15) is 45.5 Å². The first-order valence-corrected chi connectivity index (χ1v) is 6.27. The van der Waals surface area contributed by atoms with Crippen molar-refractivity contribution >= 4 is 23.5 Å². The highest BCUT2D eigenvalue weighted by Crippen LogP contribution is 2.23.